The molecule has 1 aliphatic rings. The highest BCUT2D eigenvalue weighted by atomic mass is 16.1. The first-order valence-electron chi connectivity index (χ1n) is 6.03. The molecule has 0 spiro atoms. The van der Waals surface area contributed by atoms with Crippen LogP contribution in [0.15, 0.2) is 10.9 Å². The van der Waals surface area contributed by atoms with E-state index in [9.17, 15) is 4.79 Å². The Hall–Kier alpha value is -1.89. The lowest BCUT2D eigenvalue weighted by atomic mass is 10.2. The minimum Gasteiger partial charge on any atom is -0.366 e. The molecule has 1 saturated heterocycles. The molecule has 1 atom stereocenters. The number of aryl methyl sites for hydroxylation is 1. The number of hydrogen-bond acceptors (Lipinski definition) is 5. The normalized spacial score (nSPS) is 20.7. The monoisotopic (exact) mass is 248 g/mol. The molecule has 0 saturated carbocycles. The third-order valence-corrected chi connectivity index (χ3v) is 3.31. The van der Waals surface area contributed by atoms with Crippen LogP contribution in [0, 0.1) is 6.92 Å². The van der Waals surface area contributed by atoms with Gasteiger partial charge in [0.25, 0.3) is 0 Å². The standard InChI is InChI=1S/C11H16N6O/c1-7-12-9(13-8-3-4-16(2)6-8)5-10-14-15-11(18)17(7)10/h5,8,13H,3-4,6H2,1-2H3,(H,15,18). The summed E-state index contributed by atoms with van der Waals surface area (Å²) in [6, 6.07) is 2.21. The minimum absolute atomic E-state index is 0.248. The van der Waals surface area contributed by atoms with Crippen molar-refractivity contribution in [2.75, 3.05) is 25.5 Å². The predicted molar refractivity (Wildman–Crippen MR) is 67.9 cm³/mol. The van der Waals surface area contributed by atoms with Gasteiger partial charge in [-0.25, -0.2) is 19.3 Å². The molecule has 0 bridgehead atoms. The highest BCUT2D eigenvalue weighted by Gasteiger charge is 2.19. The lowest BCUT2D eigenvalue weighted by Gasteiger charge is -2.13. The summed E-state index contributed by atoms with van der Waals surface area (Å²) >= 11 is 0. The van der Waals surface area contributed by atoms with E-state index >= 15 is 0 Å². The van der Waals surface area contributed by atoms with E-state index in [2.05, 4.69) is 32.4 Å². The molecule has 18 heavy (non-hydrogen) atoms. The smallest absolute Gasteiger partial charge is 0.349 e. The second-order valence-corrected chi connectivity index (χ2v) is 4.80. The van der Waals surface area contributed by atoms with E-state index in [4.69, 9.17) is 0 Å². The van der Waals surface area contributed by atoms with E-state index in [0.29, 0.717) is 17.5 Å². The van der Waals surface area contributed by atoms with E-state index in [1.165, 1.54) is 4.40 Å². The predicted octanol–water partition coefficient (Wildman–Crippen LogP) is -0.158. The van der Waals surface area contributed by atoms with Crippen molar-refractivity contribution in [2.24, 2.45) is 0 Å². The first-order valence-corrected chi connectivity index (χ1v) is 6.03. The fourth-order valence-corrected chi connectivity index (χ4v) is 2.43. The van der Waals surface area contributed by atoms with Crippen molar-refractivity contribution < 1.29 is 0 Å². The summed E-state index contributed by atoms with van der Waals surface area (Å²) in [6.07, 6.45) is 1.11. The molecular formula is C11H16N6O. The topological polar surface area (TPSA) is 78.3 Å². The molecule has 7 nitrogen and oxygen atoms in total. The van der Waals surface area contributed by atoms with Gasteiger partial charge in [0, 0.05) is 18.7 Å². The van der Waals surface area contributed by atoms with Crippen LogP contribution in [0.5, 0.6) is 0 Å². The number of nitrogens with zero attached hydrogens (tertiary/aromatic N) is 4. The van der Waals surface area contributed by atoms with Crippen LogP contribution in [0.2, 0.25) is 0 Å². The first kappa shape index (κ1) is 11.2. The lowest BCUT2D eigenvalue weighted by Crippen LogP contribution is -2.24. The Kier molecular flexibility index (Phi) is 2.55. The van der Waals surface area contributed by atoms with Gasteiger partial charge in [-0.2, -0.15) is 5.10 Å². The van der Waals surface area contributed by atoms with Crippen molar-refractivity contribution in [3.63, 3.8) is 0 Å². The Morgan fingerprint density at radius 1 is 1.56 bits per heavy atom. The van der Waals surface area contributed by atoms with Gasteiger partial charge in [0.05, 0.1) is 0 Å². The highest BCUT2D eigenvalue weighted by Crippen LogP contribution is 2.14. The number of likely N-dealkylation sites (tertiary alicyclic amines) is 1. The number of aromatic nitrogens is 4. The zero-order valence-corrected chi connectivity index (χ0v) is 10.5. The number of nitrogens with one attached hydrogen (secondary N) is 2. The Labute approximate surface area is 104 Å². The molecule has 0 aromatic carbocycles. The zero-order chi connectivity index (χ0) is 12.7. The first-order chi connectivity index (χ1) is 8.63. The van der Waals surface area contributed by atoms with E-state index in [1.54, 1.807) is 13.0 Å². The maximum atomic E-state index is 11.5. The summed E-state index contributed by atoms with van der Waals surface area (Å²) in [5.41, 5.74) is 0.350. The molecule has 96 valence electrons. The van der Waals surface area contributed by atoms with Crippen LogP contribution in [0.1, 0.15) is 12.2 Å². The second kappa shape index (κ2) is 4.09. The van der Waals surface area contributed by atoms with Crippen LogP contribution in [0.3, 0.4) is 0 Å². The molecule has 2 aromatic heterocycles. The fraction of sp³-hybridized carbons (Fsp3) is 0.545. The van der Waals surface area contributed by atoms with Crippen LogP contribution in [-0.4, -0.2) is 50.7 Å². The average molecular weight is 248 g/mol. The number of H-pyrrole nitrogens is 1. The van der Waals surface area contributed by atoms with Crippen molar-refractivity contribution in [2.45, 2.75) is 19.4 Å². The van der Waals surface area contributed by atoms with Crippen LogP contribution < -0.4 is 11.0 Å². The number of rotatable bonds is 2. The summed E-state index contributed by atoms with van der Waals surface area (Å²) in [5.74, 6) is 1.42. The van der Waals surface area contributed by atoms with Gasteiger partial charge in [-0.15, -0.1) is 0 Å². The van der Waals surface area contributed by atoms with E-state index in [-0.39, 0.29) is 5.69 Å². The summed E-state index contributed by atoms with van der Waals surface area (Å²) in [7, 11) is 2.11. The summed E-state index contributed by atoms with van der Waals surface area (Å²) in [6.45, 7) is 3.91. The molecule has 7 heteroatoms. The molecule has 0 radical (unpaired) electrons. The maximum Gasteiger partial charge on any atom is 0.349 e. The molecule has 1 aliphatic heterocycles. The van der Waals surface area contributed by atoms with Crippen molar-refractivity contribution in [1.29, 1.82) is 0 Å². The second-order valence-electron chi connectivity index (χ2n) is 4.80. The largest absolute Gasteiger partial charge is 0.366 e. The number of likely N-dealkylation sites (N-methyl/N-ethyl adjacent to an activating group) is 1. The summed E-state index contributed by atoms with van der Waals surface area (Å²) < 4.78 is 1.46. The Morgan fingerprint density at radius 3 is 3.11 bits per heavy atom. The Bertz CT molecular complexity index is 630. The van der Waals surface area contributed by atoms with E-state index in [0.717, 1.165) is 25.3 Å². The molecule has 3 rings (SSSR count). The Morgan fingerprint density at radius 2 is 2.39 bits per heavy atom. The fourth-order valence-electron chi connectivity index (χ4n) is 2.43. The molecule has 2 aromatic rings. The molecule has 0 amide bonds. The van der Waals surface area contributed by atoms with Crippen molar-refractivity contribution in [3.8, 4) is 0 Å². The van der Waals surface area contributed by atoms with Crippen LogP contribution in [0.25, 0.3) is 5.65 Å². The van der Waals surface area contributed by atoms with Crippen LogP contribution >= 0.6 is 0 Å². The van der Waals surface area contributed by atoms with Gasteiger partial charge in [-0.05, 0) is 26.9 Å². The zero-order valence-electron chi connectivity index (χ0n) is 10.5. The van der Waals surface area contributed by atoms with Gasteiger partial charge in [0.15, 0.2) is 5.65 Å². The van der Waals surface area contributed by atoms with E-state index in [1.807, 2.05) is 0 Å². The molecule has 2 N–H and O–H groups in total. The number of aromatic amines is 1. The Balaban J connectivity index is 1.91. The quantitative estimate of drug-likeness (QED) is 0.772. The van der Waals surface area contributed by atoms with Crippen molar-refractivity contribution in [3.05, 3.63) is 22.4 Å². The number of hydrogen-bond donors (Lipinski definition) is 2. The van der Waals surface area contributed by atoms with Gasteiger partial charge >= 0.3 is 5.69 Å². The van der Waals surface area contributed by atoms with Crippen LogP contribution in [0.4, 0.5) is 5.82 Å². The van der Waals surface area contributed by atoms with Gasteiger partial charge in [-0.3, -0.25) is 0 Å². The van der Waals surface area contributed by atoms with Crippen LogP contribution in [-0.2, 0) is 0 Å². The third-order valence-electron chi connectivity index (χ3n) is 3.31. The van der Waals surface area contributed by atoms with Gasteiger partial charge in [0.2, 0.25) is 0 Å². The maximum absolute atomic E-state index is 11.5. The number of anilines is 1. The van der Waals surface area contributed by atoms with Gasteiger partial charge < -0.3 is 10.2 Å². The van der Waals surface area contributed by atoms with Gasteiger partial charge in [-0.1, -0.05) is 0 Å². The summed E-state index contributed by atoms with van der Waals surface area (Å²) in [4.78, 5) is 18.2. The number of fused-ring (bicyclic) bond motifs is 1. The lowest BCUT2D eigenvalue weighted by molar-refractivity contribution is 0.414. The SMILES string of the molecule is Cc1nc(NC2CCN(C)C2)cc2n[nH]c(=O)n12. The molecule has 1 unspecified atom stereocenters. The van der Waals surface area contributed by atoms with Gasteiger partial charge in [0.1, 0.15) is 11.6 Å². The molecule has 1 fully saturated rings. The summed E-state index contributed by atoms with van der Waals surface area (Å²) in [5, 5.41) is 9.78. The average Bonchev–Trinajstić information content (AvgIpc) is 2.86. The third kappa shape index (κ3) is 1.86. The molecular weight excluding hydrogens is 232 g/mol. The molecule has 0 aliphatic carbocycles. The molecule has 3 heterocycles. The minimum atomic E-state index is -0.248. The van der Waals surface area contributed by atoms with Crippen molar-refractivity contribution >= 4 is 11.5 Å². The highest BCUT2D eigenvalue weighted by molar-refractivity contribution is 5.50. The van der Waals surface area contributed by atoms with E-state index < -0.39 is 0 Å². The van der Waals surface area contributed by atoms with Crippen molar-refractivity contribution in [1.82, 2.24) is 24.5 Å².